The fraction of sp³-hybridized carbons (Fsp3) is 0.909. The summed E-state index contributed by atoms with van der Waals surface area (Å²) in [4.78, 5) is 11.7. The zero-order valence-electron chi connectivity index (χ0n) is 10.0. The van der Waals surface area contributed by atoms with Crippen LogP contribution in [-0.2, 0) is 18.7 Å². The van der Waals surface area contributed by atoms with Crippen LogP contribution in [-0.4, -0.2) is 40.7 Å². The summed E-state index contributed by atoms with van der Waals surface area (Å²) in [5.74, 6) is -0.0320. The molecule has 92 valence electrons. The molecule has 4 nitrogen and oxygen atoms in total. The van der Waals surface area contributed by atoms with Crippen molar-refractivity contribution in [1.29, 1.82) is 0 Å². The molecule has 2 fully saturated rings. The van der Waals surface area contributed by atoms with Gasteiger partial charge in [0.25, 0.3) is 14.3 Å². The number of hydrogen-bond acceptors (Lipinski definition) is 4. The Labute approximate surface area is 97.4 Å². The molecule has 2 rings (SSSR count). The van der Waals surface area contributed by atoms with Gasteiger partial charge >= 0.3 is 0 Å². The molecule has 0 spiro atoms. The maximum Gasteiger partial charge on any atom is 0.292 e. The number of rotatable bonds is 5. The van der Waals surface area contributed by atoms with E-state index in [0.717, 1.165) is 32.8 Å². The van der Waals surface area contributed by atoms with Gasteiger partial charge in [-0.05, 0) is 13.0 Å². The van der Waals surface area contributed by atoms with E-state index in [1.54, 1.807) is 0 Å². The maximum absolute atomic E-state index is 11.7. The molecule has 0 saturated carbocycles. The zero-order chi connectivity index (χ0) is 11.6. The molecule has 2 aliphatic rings. The van der Waals surface area contributed by atoms with Crippen LogP contribution in [0.25, 0.3) is 0 Å². The van der Waals surface area contributed by atoms with Gasteiger partial charge in [-0.2, -0.15) is 0 Å². The van der Waals surface area contributed by atoms with Crippen molar-refractivity contribution in [1.82, 2.24) is 0 Å². The standard InChI is InChI=1S/C11H20O4Si/c1-3-4-11(12)15-16(2,9-5-13-6-9)10-7-14-8-10/h9-10H,3-8H2,1-2H3. The summed E-state index contributed by atoms with van der Waals surface area (Å²) in [6.45, 7) is 7.22. The minimum absolute atomic E-state index is 0.0320. The van der Waals surface area contributed by atoms with E-state index in [9.17, 15) is 4.79 Å². The van der Waals surface area contributed by atoms with Gasteiger partial charge in [-0.3, -0.25) is 4.79 Å². The highest BCUT2D eigenvalue weighted by atomic mass is 28.4. The molecule has 0 N–H and O–H groups in total. The summed E-state index contributed by atoms with van der Waals surface area (Å²) < 4.78 is 16.3. The molecule has 0 aromatic heterocycles. The van der Waals surface area contributed by atoms with E-state index in [0.29, 0.717) is 17.5 Å². The van der Waals surface area contributed by atoms with Crippen LogP contribution < -0.4 is 0 Å². The Morgan fingerprint density at radius 2 is 1.75 bits per heavy atom. The first-order valence-corrected chi connectivity index (χ1v) is 8.60. The SMILES string of the molecule is CCCC(=O)O[Si](C)(C1COC1)C1COC1. The van der Waals surface area contributed by atoms with Gasteiger partial charge in [0, 0.05) is 17.5 Å². The summed E-state index contributed by atoms with van der Waals surface area (Å²) in [5, 5.41) is 0. The molecule has 0 aromatic carbocycles. The van der Waals surface area contributed by atoms with E-state index in [4.69, 9.17) is 13.9 Å². The van der Waals surface area contributed by atoms with Gasteiger partial charge in [-0.15, -0.1) is 0 Å². The zero-order valence-corrected chi connectivity index (χ0v) is 11.0. The lowest BCUT2D eigenvalue weighted by atomic mass is 10.3. The van der Waals surface area contributed by atoms with Crippen molar-refractivity contribution < 1.29 is 18.7 Å². The number of carbonyl (C=O) groups is 1. The summed E-state index contributed by atoms with van der Waals surface area (Å²) in [7, 11) is -1.98. The van der Waals surface area contributed by atoms with Crippen LogP contribution in [0.1, 0.15) is 19.8 Å². The van der Waals surface area contributed by atoms with Crippen LogP contribution in [0, 0.1) is 0 Å². The van der Waals surface area contributed by atoms with Gasteiger partial charge in [0.15, 0.2) is 0 Å². The van der Waals surface area contributed by atoms with Crippen molar-refractivity contribution >= 4 is 14.3 Å². The Balaban J connectivity index is 1.98. The topological polar surface area (TPSA) is 44.8 Å². The quantitative estimate of drug-likeness (QED) is 0.691. The molecule has 16 heavy (non-hydrogen) atoms. The number of carbonyl (C=O) groups excluding carboxylic acids is 1. The molecule has 0 aliphatic carbocycles. The Morgan fingerprint density at radius 1 is 1.25 bits per heavy atom. The summed E-state index contributed by atoms with van der Waals surface area (Å²) in [5.41, 5.74) is 0.949. The minimum atomic E-state index is -1.98. The number of hydrogen-bond donors (Lipinski definition) is 0. The van der Waals surface area contributed by atoms with Crippen LogP contribution in [0.5, 0.6) is 0 Å². The highest BCUT2D eigenvalue weighted by Gasteiger charge is 2.54. The molecule has 0 radical (unpaired) electrons. The first-order valence-electron chi connectivity index (χ1n) is 6.04. The van der Waals surface area contributed by atoms with E-state index < -0.39 is 8.32 Å². The molecule has 2 heterocycles. The summed E-state index contributed by atoms with van der Waals surface area (Å²) in [6.07, 6.45) is 1.38. The second-order valence-electron chi connectivity index (χ2n) is 4.88. The van der Waals surface area contributed by atoms with Gasteiger partial charge in [-0.1, -0.05) is 6.92 Å². The molecule has 0 amide bonds. The van der Waals surface area contributed by atoms with Gasteiger partial charge < -0.3 is 13.9 Å². The third-order valence-corrected chi connectivity index (χ3v) is 8.26. The van der Waals surface area contributed by atoms with Crippen molar-refractivity contribution in [2.24, 2.45) is 0 Å². The lowest BCUT2D eigenvalue weighted by Crippen LogP contribution is -2.58. The molecule has 0 unspecified atom stereocenters. The van der Waals surface area contributed by atoms with Gasteiger partial charge in [0.2, 0.25) is 0 Å². The van der Waals surface area contributed by atoms with Gasteiger partial charge in [0.05, 0.1) is 26.4 Å². The normalized spacial score (nSPS) is 22.4. The van der Waals surface area contributed by atoms with Gasteiger partial charge in [-0.25, -0.2) is 0 Å². The maximum atomic E-state index is 11.7. The van der Waals surface area contributed by atoms with E-state index in [2.05, 4.69) is 6.55 Å². The molecule has 0 atom stereocenters. The summed E-state index contributed by atoms with van der Waals surface area (Å²) in [6, 6.07) is 0. The van der Waals surface area contributed by atoms with E-state index in [-0.39, 0.29) is 5.97 Å². The molecular formula is C11H20O4Si. The predicted octanol–water partition coefficient (Wildman–Crippen LogP) is 1.71. The highest BCUT2D eigenvalue weighted by molar-refractivity contribution is 6.77. The van der Waals surface area contributed by atoms with Crippen LogP contribution in [0.4, 0.5) is 0 Å². The fourth-order valence-corrected chi connectivity index (χ4v) is 5.52. The molecule has 0 bridgehead atoms. The third-order valence-electron chi connectivity index (χ3n) is 3.69. The van der Waals surface area contributed by atoms with Crippen molar-refractivity contribution in [3.63, 3.8) is 0 Å². The third kappa shape index (κ3) is 2.16. The molecule has 0 aromatic rings. The molecule has 2 aliphatic heterocycles. The van der Waals surface area contributed by atoms with E-state index in [1.807, 2.05) is 6.92 Å². The predicted molar refractivity (Wildman–Crippen MR) is 61.8 cm³/mol. The molecule has 5 heteroatoms. The van der Waals surface area contributed by atoms with Crippen LogP contribution in [0.15, 0.2) is 0 Å². The lowest BCUT2D eigenvalue weighted by molar-refractivity contribution is -0.136. The van der Waals surface area contributed by atoms with Crippen molar-refractivity contribution in [3.8, 4) is 0 Å². The van der Waals surface area contributed by atoms with E-state index >= 15 is 0 Å². The summed E-state index contributed by atoms with van der Waals surface area (Å²) >= 11 is 0. The minimum Gasteiger partial charge on any atom is -0.518 e. The van der Waals surface area contributed by atoms with Crippen molar-refractivity contribution in [2.75, 3.05) is 26.4 Å². The Kier molecular flexibility index (Phi) is 3.66. The van der Waals surface area contributed by atoms with Crippen molar-refractivity contribution in [2.45, 2.75) is 37.4 Å². The average molecular weight is 244 g/mol. The highest BCUT2D eigenvalue weighted by Crippen LogP contribution is 2.42. The van der Waals surface area contributed by atoms with Crippen LogP contribution in [0.3, 0.4) is 0 Å². The van der Waals surface area contributed by atoms with Crippen molar-refractivity contribution in [3.05, 3.63) is 0 Å². The lowest BCUT2D eigenvalue weighted by Gasteiger charge is -2.47. The number of ether oxygens (including phenoxy) is 2. The Bertz CT molecular complexity index is 247. The smallest absolute Gasteiger partial charge is 0.292 e. The van der Waals surface area contributed by atoms with Crippen LogP contribution in [0.2, 0.25) is 17.6 Å². The first-order chi connectivity index (χ1) is 7.66. The average Bonchev–Trinajstić information content (AvgIpc) is 1.94. The monoisotopic (exact) mass is 244 g/mol. The van der Waals surface area contributed by atoms with Crippen LogP contribution >= 0.6 is 0 Å². The second-order valence-corrected chi connectivity index (χ2v) is 9.08. The first kappa shape index (κ1) is 12.1. The second kappa shape index (κ2) is 4.85. The Morgan fingerprint density at radius 3 is 2.06 bits per heavy atom. The molecular weight excluding hydrogens is 224 g/mol. The van der Waals surface area contributed by atoms with Gasteiger partial charge in [0.1, 0.15) is 0 Å². The molecule has 2 saturated heterocycles. The fourth-order valence-electron chi connectivity index (χ4n) is 2.13. The Hall–Kier alpha value is -0.393. The van der Waals surface area contributed by atoms with E-state index in [1.165, 1.54) is 0 Å². The largest absolute Gasteiger partial charge is 0.518 e.